The molecule has 1 heterocycles. The van der Waals surface area contributed by atoms with E-state index in [0.717, 1.165) is 57.3 Å². The lowest BCUT2D eigenvalue weighted by molar-refractivity contribution is 0.0403. The lowest BCUT2D eigenvalue weighted by Gasteiger charge is -2.12. The van der Waals surface area contributed by atoms with Gasteiger partial charge in [-0.2, -0.15) is 0 Å². The smallest absolute Gasteiger partial charge is 0.191 e. The number of hydrogen-bond donors (Lipinski definition) is 2. The van der Waals surface area contributed by atoms with Crippen LogP contribution in [0.15, 0.2) is 58.1 Å². The van der Waals surface area contributed by atoms with Gasteiger partial charge in [-0.25, -0.2) is 0 Å². The summed E-state index contributed by atoms with van der Waals surface area (Å²) < 4.78 is 22.0. The van der Waals surface area contributed by atoms with Crippen molar-refractivity contribution in [3.8, 4) is 0 Å². The fraction of sp³-hybridized carbons (Fsp3) is 0.542. The molecule has 0 atom stereocenters. The summed E-state index contributed by atoms with van der Waals surface area (Å²) in [6.45, 7) is 8.28. The molecule has 1 aromatic heterocycles. The quantitative estimate of drug-likeness (QED) is 0.132. The second-order valence-corrected chi connectivity index (χ2v) is 6.97. The molecule has 0 spiro atoms. The van der Waals surface area contributed by atoms with Gasteiger partial charge in [-0.1, -0.05) is 30.3 Å². The van der Waals surface area contributed by atoms with E-state index in [1.165, 1.54) is 5.56 Å². The third-order valence-corrected chi connectivity index (χ3v) is 4.41. The lowest BCUT2D eigenvalue weighted by Crippen LogP contribution is -2.39. The molecule has 32 heavy (non-hydrogen) atoms. The molecule has 2 N–H and O–H groups in total. The molecule has 0 saturated heterocycles. The van der Waals surface area contributed by atoms with Gasteiger partial charge in [0.05, 0.1) is 26.1 Å². The topological polar surface area (TPSA) is 77.2 Å². The summed E-state index contributed by atoms with van der Waals surface area (Å²) in [4.78, 5) is 4.65. The summed E-state index contributed by atoms with van der Waals surface area (Å²) in [6, 6.07) is 14.0. The Hall–Kier alpha value is -1.62. The van der Waals surface area contributed by atoms with Gasteiger partial charge in [0.15, 0.2) is 5.96 Å². The molecule has 0 fully saturated rings. The van der Waals surface area contributed by atoms with Gasteiger partial charge in [-0.15, -0.1) is 24.0 Å². The second-order valence-electron chi connectivity index (χ2n) is 6.97. The lowest BCUT2D eigenvalue weighted by atomic mass is 10.2. The van der Waals surface area contributed by atoms with Gasteiger partial charge in [-0.05, 0) is 37.5 Å². The molecule has 1 aromatic carbocycles. The fourth-order valence-corrected chi connectivity index (χ4v) is 2.80. The predicted molar refractivity (Wildman–Crippen MR) is 139 cm³/mol. The molecule has 180 valence electrons. The number of guanidine groups is 1. The molecule has 0 unspecified atom stereocenters. The summed E-state index contributed by atoms with van der Waals surface area (Å²) in [5, 5.41) is 6.72. The van der Waals surface area contributed by atoms with Crippen LogP contribution in [0.2, 0.25) is 0 Å². The first-order valence-electron chi connectivity index (χ1n) is 11.2. The van der Waals surface area contributed by atoms with Gasteiger partial charge >= 0.3 is 0 Å². The van der Waals surface area contributed by atoms with E-state index in [1.54, 1.807) is 6.26 Å². The zero-order valence-corrected chi connectivity index (χ0v) is 21.4. The van der Waals surface area contributed by atoms with E-state index in [9.17, 15) is 0 Å². The molecule has 0 aliphatic rings. The van der Waals surface area contributed by atoms with Crippen molar-refractivity contribution in [2.24, 2.45) is 4.99 Å². The summed E-state index contributed by atoms with van der Waals surface area (Å²) in [5.74, 6) is 1.78. The SMILES string of the molecule is CCOCCCNC(=NCCCOCCOCc1ccccc1)NCCc1ccco1.I. The normalized spacial score (nSPS) is 11.2. The molecule has 7 nitrogen and oxygen atoms in total. The van der Waals surface area contributed by atoms with Crippen molar-refractivity contribution >= 4 is 29.9 Å². The maximum Gasteiger partial charge on any atom is 0.191 e. The first kappa shape index (κ1) is 28.4. The van der Waals surface area contributed by atoms with Crippen molar-refractivity contribution in [1.29, 1.82) is 0 Å². The Kier molecular flexibility index (Phi) is 17.8. The molecule has 0 aliphatic heterocycles. The van der Waals surface area contributed by atoms with Gasteiger partial charge in [-0.3, -0.25) is 4.99 Å². The maximum atomic E-state index is 5.64. The highest BCUT2D eigenvalue weighted by atomic mass is 127. The highest BCUT2D eigenvalue weighted by molar-refractivity contribution is 14.0. The monoisotopic (exact) mass is 559 g/mol. The highest BCUT2D eigenvalue weighted by Crippen LogP contribution is 2.00. The third kappa shape index (κ3) is 14.4. The number of nitrogens with zero attached hydrogens (tertiary/aromatic N) is 1. The molecule has 2 rings (SSSR count). The zero-order valence-electron chi connectivity index (χ0n) is 19.1. The average molecular weight is 559 g/mol. The Labute approximate surface area is 209 Å². The van der Waals surface area contributed by atoms with Crippen LogP contribution in [0.3, 0.4) is 0 Å². The zero-order chi connectivity index (χ0) is 21.8. The number of halogens is 1. The highest BCUT2D eigenvalue weighted by Gasteiger charge is 2.01. The van der Waals surface area contributed by atoms with E-state index in [1.807, 2.05) is 37.3 Å². The summed E-state index contributed by atoms with van der Waals surface area (Å²) in [6.07, 6.45) is 4.32. The van der Waals surface area contributed by atoms with Gasteiger partial charge in [0.25, 0.3) is 0 Å². The van der Waals surface area contributed by atoms with Crippen LogP contribution in [0, 0.1) is 0 Å². The van der Waals surface area contributed by atoms with Crippen LogP contribution in [-0.2, 0) is 27.2 Å². The summed E-state index contributed by atoms with van der Waals surface area (Å²) in [5.41, 5.74) is 1.18. The minimum absolute atomic E-state index is 0. The van der Waals surface area contributed by atoms with E-state index in [2.05, 4.69) is 27.8 Å². The van der Waals surface area contributed by atoms with Crippen molar-refractivity contribution in [1.82, 2.24) is 10.6 Å². The minimum atomic E-state index is 0. The number of nitrogens with one attached hydrogen (secondary N) is 2. The molecule has 0 aliphatic carbocycles. The molecule has 0 bridgehead atoms. The second kappa shape index (κ2) is 20.0. The fourth-order valence-electron chi connectivity index (χ4n) is 2.80. The van der Waals surface area contributed by atoms with Crippen molar-refractivity contribution in [3.05, 3.63) is 60.1 Å². The van der Waals surface area contributed by atoms with Gasteiger partial charge < -0.3 is 29.3 Å². The molecule has 0 amide bonds. The van der Waals surface area contributed by atoms with E-state index >= 15 is 0 Å². The Bertz CT molecular complexity index is 684. The summed E-state index contributed by atoms with van der Waals surface area (Å²) >= 11 is 0. The van der Waals surface area contributed by atoms with Gasteiger partial charge in [0.2, 0.25) is 0 Å². The van der Waals surface area contributed by atoms with Crippen LogP contribution in [0.5, 0.6) is 0 Å². The molecule has 2 aromatic rings. The van der Waals surface area contributed by atoms with Crippen molar-refractivity contribution in [2.75, 3.05) is 52.7 Å². The standard InChI is InChI=1S/C24H37N3O4.HI/c1-2-28-16-7-13-25-24(27-15-12-23-11-6-18-31-23)26-14-8-17-29-19-20-30-21-22-9-4-3-5-10-22;/h3-6,9-11,18H,2,7-8,12-17,19-21H2,1H3,(H2,25,26,27);1H. The first-order chi connectivity index (χ1) is 15.4. The number of rotatable bonds is 17. The Morgan fingerprint density at radius 3 is 2.44 bits per heavy atom. The van der Waals surface area contributed by atoms with Crippen molar-refractivity contribution < 1.29 is 18.6 Å². The predicted octanol–water partition coefficient (Wildman–Crippen LogP) is 4.03. The molecular formula is C24H38IN3O4. The average Bonchev–Trinajstić information content (AvgIpc) is 3.31. The number of aliphatic imine (C=N–C) groups is 1. The van der Waals surface area contributed by atoms with E-state index in [0.29, 0.717) is 33.0 Å². The minimum Gasteiger partial charge on any atom is -0.469 e. The van der Waals surface area contributed by atoms with Gasteiger partial charge in [0, 0.05) is 45.9 Å². The summed E-state index contributed by atoms with van der Waals surface area (Å²) in [7, 11) is 0. The first-order valence-corrected chi connectivity index (χ1v) is 11.2. The van der Waals surface area contributed by atoms with Crippen LogP contribution < -0.4 is 10.6 Å². The van der Waals surface area contributed by atoms with Crippen LogP contribution in [0.1, 0.15) is 31.1 Å². The van der Waals surface area contributed by atoms with E-state index in [-0.39, 0.29) is 24.0 Å². The Morgan fingerprint density at radius 2 is 1.66 bits per heavy atom. The third-order valence-electron chi connectivity index (χ3n) is 4.41. The number of ether oxygens (including phenoxy) is 3. The van der Waals surface area contributed by atoms with Crippen LogP contribution in [0.25, 0.3) is 0 Å². The van der Waals surface area contributed by atoms with Crippen LogP contribution in [0.4, 0.5) is 0 Å². The van der Waals surface area contributed by atoms with Crippen LogP contribution in [-0.4, -0.2) is 58.6 Å². The Morgan fingerprint density at radius 1 is 0.875 bits per heavy atom. The Balaban J connectivity index is 0.00000512. The van der Waals surface area contributed by atoms with Crippen LogP contribution >= 0.6 is 24.0 Å². The number of furan rings is 1. The number of benzene rings is 1. The molecular weight excluding hydrogens is 521 g/mol. The van der Waals surface area contributed by atoms with Gasteiger partial charge in [0.1, 0.15) is 5.76 Å². The van der Waals surface area contributed by atoms with Crippen molar-refractivity contribution in [2.45, 2.75) is 32.8 Å². The largest absolute Gasteiger partial charge is 0.469 e. The molecule has 8 heteroatoms. The van der Waals surface area contributed by atoms with E-state index < -0.39 is 0 Å². The number of hydrogen-bond acceptors (Lipinski definition) is 5. The molecule has 0 saturated carbocycles. The maximum absolute atomic E-state index is 5.64. The van der Waals surface area contributed by atoms with E-state index in [4.69, 9.17) is 18.6 Å². The molecule has 0 radical (unpaired) electrons. The van der Waals surface area contributed by atoms with Crippen molar-refractivity contribution in [3.63, 3.8) is 0 Å².